The van der Waals surface area contributed by atoms with Crippen molar-refractivity contribution in [1.82, 2.24) is 5.32 Å². The van der Waals surface area contributed by atoms with Crippen LogP contribution in [0.15, 0.2) is 12.1 Å². The molecule has 0 aliphatic heterocycles. The summed E-state index contributed by atoms with van der Waals surface area (Å²) < 4.78 is 4.96. The third kappa shape index (κ3) is 3.91. The fraction of sp³-hybridized carbons (Fsp3) is 0.636. The van der Waals surface area contributed by atoms with Crippen molar-refractivity contribution >= 4 is 11.3 Å². The molecule has 0 fully saturated rings. The van der Waals surface area contributed by atoms with E-state index in [1.807, 2.05) is 0 Å². The lowest BCUT2D eigenvalue weighted by Gasteiger charge is -2.14. The maximum atomic E-state index is 9.26. The minimum atomic E-state index is 0.0467. The Labute approximate surface area is 95.1 Å². The standard InChI is InChI=1S/C11H19NO2S/c1-3-9-4-5-11(15-9)10(8-13)12-6-7-14-2/h4-5,10,12-13H,3,6-8H2,1-2H3. The number of aliphatic hydroxyl groups is 1. The fourth-order valence-corrected chi connectivity index (χ4v) is 2.38. The quantitative estimate of drug-likeness (QED) is 0.698. The van der Waals surface area contributed by atoms with Crippen LogP contribution in [0.4, 0.5) is 0 Å². The van der Waals surface area contributed by atoms with Gasteiger partial charge in [0.25, 0.3) is 0 Å². The van der Waals surface area contributed by atoms with Crippen LogP contribution in [0, 0.1) is 0 Å². The van der Waals surface area contributed by atoms with E-state index in [1.54, 1.807) is 18.4 Å². The van der Waals surface area contributed by atoms with Gasteiger partial charge in [-0.2, -0.15) is 0 Å². The predicted octanol–water partition coefficient (Wildman–Crippen LogP) is 1.58. The fourth-order valence-electron chi connectivity index (χ4n) is 1.36. The van der Waals surface area contributed by atoms with E-state index < -0.39 is 0 Å². The Morgan fingerprint density at radius 3 is 2.87 bits per heavy atom. The Hall–Kier alpha value is -0.420. The Bertz CT molecular complexity index is 275. The third-order valence-corrected chi connectivity index (χ3v) is 3.60. The van der Waals surface area contributed by atoms with E-state index >= 15 is 0 Å². The number of hydrogen-bond acceptors (Lipinski definition) is 4. The van der Waals surface area contributed by atoms with Gasteiger partial charge in [-0.05, 0) is 18.6 Å². The first kappa shape index (κ1) is 12.6. The van der Waals surface area contributed by atoms with Crippen molar-refractivity contribution in [2.75, 3.05) is 26.9 Å². The molecule has 2 N–H and O–H groups in total. The zero-order valence-electron chi connectivity index (χ0n) is 9.32. The van der Waals surface area contributed by atoms with E-state index in [4.69, 9.17) is 4.74 Å². The smallest absolute Gasteiger partial charge is 0.0650 e. The Morgan fingerprint density at radius 1 is 1.53 bits per heavy atom. The van der Waals surface area contributed by atoms with Gasteiger partial charge in [-0.3, -0.25) is 0 Å². The van der Waals surface area contributed by atoms with E-state index in [0.29, 0.717) is 6.61 Å². The summed E-state index contributed by atoms with van der Waals surface area (Å²) in [5, 5.41) is 12.5. The van der Waals surface area contributed by atoms with Crippen molar-refractivity contribution in [3.63, 3.8) is 0 Å². The third-order valence-electron chi connectivity index (χ3n) is 2.25. The van der Waals surface area contributed by atoms with Crippen molar-refractivity contribution in [2.45, 2.75) is 19.4 Å². The van der Waals surface area contributed by atoms with Gasteiger partial charge in [0, 0.05) is 23.4 Å². The normalized spacial score (nSPS) is 13.0. The number of thiophene rings is 1. The minimum Gasteiger partial charge on any atom is -0.394 e. The number of aryl methyl sites for hydroxylation is 1. The molecule has 1 aromatic rings. The molecule has 0 saturated carbocycles. The highest BCUT2D eigenvalue weighted by Crippen LogP contribution is 2.23. The summed E-state index contributed by atoms with van der Waals surface area (Å²) in [6, 6.07) is 4.26. The molecule has 1 heterocycles. The summed E-state index contributed by atoms with van der Waals surface area (Å²) in [6.07, 6.45) is 1.06. The van der Waals surface area contributed by atoms with Gasteiger partial charge in [0.05, 0.1) is 19.3 Å². The van der Waals surface area contributed by atoms with E-state index in [2.05, 4.69) is 24.4 Å². The number of nitrogens with one attached hydrogen (secondary N) is 1. The molecule has 0 aliphatic rings. The summed E-state index contributed by atoms with van der Waals surface area (Å²) in [4.78, 5) is 2.56. The summed E-state index contributed by atoms with van der Waals surface area (Å²) in [6.45, 7) is 3.71. The molecule has 0 amide bonds. The molecule has 0 saturated heterocycles. The van der Waals surface area contributed by atoms with E-state index in [0.717, 1.165) is 13.0 Å². The van der Waals surface area contributed by atoms with Crippen LogP contribution in [0.25, 0.3) is 0 Å². The summed E-state index contributed by atoms with van der Waals surface area (Å²) in [5.74, 6) is 0. The van der Waals surface area contributed by atoms with Gasteiger partial charge in [0.2, 0.25) is 0 Å². The molecule has 1 rings (SSSR count). The lowest BCUT2D eigenvalue weighted by Crippen LogP contribution is -2.26. The summed E-state index contributed by atoms with van der Waals surface area (Å²) in [7, 11) is 1.68. The van der Waals surface area contributed by atoms with Crippen molar-refractivity contribution in [1.29, 1.82) is 0 Å². The number of rotatable bonds is 7. The Balaban J connectivity index is 2.49. The molecule has 0 aromatic carbocycles. The number of ether oxygens (including phenoxy) is 1. The van der Waals surface area contributed by atoms with Crippen LogP contribution in [0.3, 0.4) is 0 Å². The second-order valence-corrected chi connectivity index (χ2v) is 4.54. The molecule has 1 aromatic heterocycles. The molecule has 1 atom stereocenters. The second-order valence-electron chi connectivity index (χ2n) is 3.34. The molecule has 0 spiro atoms. The highest BCUT2D eigenvalue weighted by Gasteiger charge is 2.11. The van der Waals surface area contributed by atoms with Crippen molar-refractivity contribution in [2.24, 2.45) is 0 Å². The molecular formula is C11H19NO2S. The summed E-state index contributed by atoms with van der Waals surface area (Å²) >= 11 is 1.76. The van der Waals surface area contributed by atoms with Gasteiger partial charge in [-0.15, -0.1) is 11.3 Å². The molecule has 15 heavy (non-hydrogen) atoms. The first-order valence-electron chi connectivity index (χ1n) is 5.23. The maximum Gasteiger partial charge on any atom is 0.0650 e. The average molecular weight is 229 g/mol. The minimum absolute atomic E-state index is 0.0467. The number of aliphatic hydroxyl groups excluding tert-OH is 1. The van der Waals surface area contributed by atoms with Crippen LogP contribution in [0.2, 0.25) is 0 Å². The van der Waals surface area contributed by atoms with Crippen LogP contribution in [0.1, 0.15) is 22.7 Å². The molecule has 3 nitrogen and oxygen atoms in total. The van der Waals surface area contributed by atoms with E-state index in [9.17, 15) is 5.11 Å². The van der Waals surface area contributed by atoms with Crippen molar-refractivity contribution in [3.8, 4) is 0 Å². The topological polar surface area (TPSA) is 41.5 Å². The van der Waals surface area contributed by atoms with Gasteiger partial charge in [-0.1, -0.05) is 6.92 Å². The van der Waals surface area contributed by atoms with Gasteiger partial charge in [0.15, 0.2) is 0 Å². The molecule has 1 unspecified atom stereocenters. The molecule has 86 valence electrons. The zero-order chi connectivity index (χ0) is 11.1. The van der Waals surface area contributed by atoms with Crippen molar-refractivity contribution in [3.05, 3.63) is 21.9 Å². The average Bonchev–Trinajstić information content (AvgIpc) is 2.73. The largest absolute Gasteiger partial charge is 0.394 e. The lowest BCUT2D eigenvalue weighted by atomic mass is 10.2. The number of hydrogen-bond donors (Lipinski definition) is 2. The Morgan fingerprint density at radius 2 is 2.33 bits per heavy atom. The molecule has 0 radical (unpaired) electrons. The van der Waals surface area contributed by atoms with E-state index in [1.165, 1.54) is 9.75 Å². The first-order chi connectivity index (χ1) is 7.31. The van der Waals surface area contributed by atoms with Crippen LogP contribution in [-0.4, -0.2) is 32.0 Å². The maximum absolute atomic E-state index is 9.26. The SMILES string of the molecule is CCc1ccc(C(CO)NCCOC)s1. The lowest BCUT2D eigenvalue weighted by molar-refractivity contribution is 0.184. The first-order valence-corrected chi connectivity index (χ1v) is 6.05. The predicted molar refractivity (Wildman–Crippen MR) is 63.4 cm³/mol. The van der Waals surface area contributed by atoms with Crippen LogP contribution >= 0.6 is 11.3 Å². The van der Waals surface area contributed by atoms with E-state index in [-0.39, 0.29) is 12.6 Å². The summed E-state index contributed by atoms with van der Waals surface area (Å²) in [5.41, 5.74) is 0. The van der Waals surface area contributed by atoms with Gasteiger partial charge < -0.3 is 15.2 Å². The van der Waals surface area contributed by atoms with Gasteiger partial charge >= 0.3 is 0 Å². The molecule has 0 aliphatic carbocycles. The second kappa shape index (κ2) is 6.95. The van der Waals surface area contributed by atoms with Crippen LogP contribution < -0.4 is 5.32 Å². The highest BCUT2D eigenvalue weighted by atomic mass is 32.1. The highest BCUT2D eigenvalue weighted by molar-refractivity contribution is 7.12. The van der Waals surface area contributed by atoms with Gasteiger partial charge in [-0.25, -0.2) is 0 Å². The number of methoxy groups -OCH3 is 1. The Kier molecular flexibility index (Phi) is 5.86. The molecule has 4 heteroatoms. The zero-order valence-corrected chi connectivity index (χ0v) is 10.1. The van der Waals surface area contributed by atoms with Crippen molar-refractivity contribution < 1.29 is 9.84 Å². The molecule has 0 bridgehead atoms. The van der Waals surface area contributed by atoms with Gasteiger partial charge in [0.1, 0.15) is 0 Å². The van der Waals surface area contributed by atoms with Crippen LogP contribution in [-0.2, 0) is 11.2 Å². The monoisotopic (exact) mass is 229 g/mol. The van der Waals surface area contributed by atoms with Crippen LogP contribution in [0.5, 0.6) is 0 Å². The molecular weight excluding hydrogens is 210 g/mol.